The van der Waals surface area contributed by atoms with Crippen LogP contribution in [0.2, 0.25) is 0 Å². The van der Waals surface area contributed by atoms with Crippen LogP contribution in [0.4, 0.5) is 0 Å². The normalized spacial score (nSPS) is 17.4. The maximum absolute atomic E-state index is 10.1. The fourth-order valence-electron chi connectivity index (χ4n) is 4.68. The molecule has 0 unspecified atom stereocenters. The van der Waals surface area contributed by atoms with E-state index in [-0.39, 0.29) is 0 Å². The molecule has 0 radical (unpaired) electrons. The molecule has 0 saturated carbocycles. The molecule has 1 fully saturated rings. The van der Waals surface area contributed by atoms with Crippen LogP contribution in [0.5, 0.6) is 11.5 Å². The number of benzene rings is 2. The molecule has 2 aromatic carbocycles. The molecule has 3 rings (SSSR count). The fourth-order valence-corrected chi connectivity index (χ4v) is 4.68. The number of phenolic OH excluding ortho intramolecular Hbond substituents is 2. The van der Waals surface area contributed by atoms with E-state index < -0.39 is 0 Å². The van der Waals surface area contributed by atoms with Crippen LogP contribution >= 0.6 is 0 Å². The number of rotatable bonds is 7. The zero-order chi connectivity index (χ0) is 21.1. The first-order valence-corrected chi connectivity index (χ1v) is 10.8. The lowest BCUT2D eigenvalue weighted by atomic mass is 10.0. The molecule has 29 heavy (non-hydrogen) atoms. The molecule has 0 amide bonds. The van der Waals surface area contributed by atoms with Crippen LogP contribution in [-0.4, -0.2) is 46.2 Å². The molecular formula is C25H36N2O2. The van der Waals surface area contributed by atoms with Crippen LogP contribution in [0.3, 0.4) is 0 Å². The highest BCUT2D eigenvalue weighted by atomic mass is 16.3. The molecule has 4 heteroatoms. The molecular weight excluding hydrogens is 360 g/mol. The summed E-state index contributed by atoms with van der Waals surface area (Å²) in [5.74, 6) is 0.801. The van der Waals surface area contributed by atoms with Crippen molar-refractivity contribution < 1.29 is 10.2 Å². The van der Waals surface area contributed by atoms with Gasteiger partial charge < -0.3 is 15.1 Å². The quantitative estimate of drug-likeness (QED) is 0.704. The van der Waals surface area contributed by atoms with Gasteiger partial charge in [0.15, 0.2) is 0 Å². The Morgan fingerprint density at radius 1 is 0.862 bits per heavy atom. The third kappa shape index (κ3) is 5.31. The maximum atomic E-state index is 10.1. The average molecular weight is 397 g/mol. The average Bonchev–Trinajstić information content (AvgIpc) is 3.07. The van der Waals surface area contributed by atoms with Crippen molar-refractivity contribution in [3.8, 4) is 11.5 Å². The van der Waals surface area contributed by atoms with Crippen LogP contribution in [0.25, 0.3) is 0 Å². The van der Waals surface area contributed by atoms with Gasteiger partial charge in [-0.2, -0.15) is 0 Å². The zero-order valence-corrected chi connectivity index (χ0v) is 18.6. The lowest BCUT2D eigenvalue weighted by Gasteiger charge is -2.27. The molecule has 0 aliphatic carbocycles. The number of aromatic hydroxyl groups is 2. The summed E-state index contributed by atoms with van der Waals surface area (Å²) in [6, 6.07) is 9.08. The van der Waals surface area contributed by atoms with Gasteiger partial charge in [-0.3, -0.25) is 4.90 Å². The van der Waals surface area contributed by atoms with Crippen LogP contribution in [-0.2, 0) is 13.1 Å². The molecule has 1 aliphatic rings. The van der Waals surface area contributed by atoms with E-state index in [1.165, 1.54) is 36.9 Å². The van der Waals surface area contributed by atoms with Gasteiger partial charge in [-0.15, -0.1) is 0 Å². The smallest absolute Gasteiger partial charge is 0.121 e. The van der Waals surface area contributed by atoms with E-state index in [0.29, 0.717) is 17.5 Å². The van der Waals surface area contributed by atoms with E-state index in [4.69, 9.17) is 0 Å². The van der Waals surface area contributed by atoms with Crippen molar-refractivity contribution >= 4 is 0 Å². The molecule has 4 nitrogen and oxygen atoms in total. The van der Waals surface area contributed by atoms with E-state index in [0.717, 1.165) is 41.9 Å². The minimum absolute atomic E-state index is 0.401. The van der Waals surface area contributed by atoms with Crippen molar-refractivity contribution in [1.29, 1.82) is 0 Å². The highest BCUT2D eigenvalue weighted by Gasteiger charge is 2.22. The van der Waals surface area contributed by atoms with Gasteiger partial charge >= 0.3 is 0 Å². The topological polar surface area (TPSA) is 46.9 Å². The second-order valence-electron chi connectivity index (χ2n) is 8.93. The Morgan fingerprint density at radius 2 is 1.31 bits per heavy atom. The monoisotopic (exact) mass is 396 g/mol. The summed E-state index contributed by atoms with van der Waals surface area (Å²) in [5, 5.41) is 20.2. The van der Waals surface area contributed by atoms with Crippen molar-refractivity contribution in [2.24, 2.45) is 0 Å². The third-order valence-corrected chi connectivity index (χ3v) is 6.36. The standard InChI is InChI=1S/C25H36N2O2/c1-17-11-21(12-18(2)24(17)28)15-27(10-8-23-7-6-9-26(23)5)16-22-13-19(3)25(29)20(4)14-22/h11-14,23,28-29H,6-10,15-16H2,1-5H3/t23-/m0/s1. The second kappa shape index (κ2) is 9.19. The predicted molar refractivity (Wildman–Crippen MR) is 120 cm³/mol. The van der Waals surface area contributed by atoms with Crippen LogP contribution in [0.15, 0.2) is 24.3 Å². The molecule has 158 valence electrons. The number of likely N-dealkylation sites (tertiary alicyclic amines) is 1. The predicted octanol–water partition coefficient (Wildman–Crippen LogP) is 4.82. The van der Waals surface area contributed by atoms with E-state index in [9.17, 15) is 10.2 Å². The SMILES string of the molecule is Cc1cc(CN(CC[C@@H]2CCCN2C)Cc2cc(C)c(O)c(C)c2)cc(C)c1O. The first-order chi connectivity index (χ1) is 13.7. The Bertz CT molecular complexity index is 756. The number of hydrogen-bond donors (Lipinski definition) is 2. The summed E-state index contributed by atoms with van der Waals surface area (Å²) in [4.78, 5) is 4.99. The highest BCUT2D eigenvalue weighted by molar-refractivity contribution is 5.43. The van der Waals surface area contributed by atoms with Crippen LogP contribution in [0.1, 0.15) is 52.6 Å². The molecule has 0 spiro atoms. The first kappa shape index (κ1) is 21.7. The summed E-state index contributed by atoms with van der Waals surface area (Å²) >= 11 is 0. The van der Waals surface area contributed by atoms with Crippen LogP contribution < -0.4 is 0 Å². The molecule has 1 aliphatic heterocycles. The van der Waals surface area contributed by atoms with Gasteiger partial charge in [-0.05, 0) is 93.9 Å². The Kier molecular flexibility index (Phi) is 6.86. The van der Waals surface area contributed by atoms with Gasteiger partial charge in [-0.1, -0.05) is 24.3 Å². The minimum Gasteiger partial charge on any atom is -0.507 e. The first-order valence-electron chi connectivity index (χ1n) is 10.8. The highest BCUT2D eigenvalue weighted by Crippen LogP contribution is 2.27. The van der Waals surface area contributed by atoms with Crippen molar-refractivity contribution in [2.45, 2.75) is 66.1 Å². The van der Waals surface area contributed by atoms with Crippen molar-refractivity contribution in [3.05, 3.63) is 57.6 Å². The van der Waals surface area contributed by atoms with Gasteiger partial charge in [0, 0.05) is 25.7 Å². The lowest BCUT2D eigenvalue weighted by molar-refractivity contribution is 0.211. The zero-order valence-electron chi connectivity index (χ0n) is 18.6. The lowest BCUT2D eigenvalue weighted by Crippen LogP contribution is -2.31. The minimum atomic E-state index is 0.401. The summed E-state index contributed by atoms with van der Waals surface area (Å²) in [6.07, 6.45) is 3.76. The summed E-state index contributed by atoms with van der Waals surface area (Å²) < 4.78 is 0. The molecule has 2 aromatic rings. The van der Waals surface area contributed by atoms with Crippen molar-refractivity contribution in [3.63, 3.8) is 0 Å². The number of phenols is 2. The van der Waals surface area contributed by atoms with Crippen molar-refractivity contribution in [2.75, 3.05) is 20.1 Å². The van der Waals surface area contributed by atoms with E-state index in [1.54, 1.807) is 0 Å². The Labute approximate surface area is 175 Å². The molecule has 1 atom stereocenters. The van der Waals surface area contributed by atoms with E-state index >= 15 is 0 Å². The summed E-state index contributed by atoms with van der Waals surface area (Å²) in [7, 11) is 2.24. The maximum Gasteiger partial charge on any atom is 0.121 e. The van der Waals surface area contributed by atoms with Gasteiger partial charge in [0.1, 0.15) is 11.5 Å². The van der Waals surface area contributed by atoms with Gasteiger partial charge in [0.25, 0.3) is 0 Å². The van der Waals surface area contributed by atoms with Crippen molar-refractivity contribution in [1.82, 2.24) is 9.80 Å². The molecule has 0 aromatic heterocycles. The number of aryl methyl sites for hydroxylation is 4. The molecule has 1 heterocycles. The molecule has 1 saturated heterocycles. The van der Waals surface area contributed by atoms with Gasteiger partial charge in [0.05, 0.1) is 0 Å². The van der Waals surface area contributed by atoms with E-state index in [1.807, 2.05) is 27.7 Å². The largest absolute Gasteiger partial charge is 0.507 e. The molecule has 0 bridgehead atoms. The van der Waals surface area contributed by atoms with Crippen LogP contribution in [0, 0.1) is 27.7 Å². The number of nitrogens with zero attached hydrogens (tertiary/aromatic N) is 2. The fraction of sp³-hybridized carbons (Fsp3) is 0.520. The third-order valence-electron chi connectivity index (χ3n) is 6.36. The van der Waals surface area contributed by atoms with Gasteiger partial charge in [-0.25, -0.2) is 0 Å². The summed E-state index contributed by atoms with van der Waals surface area (Å²) in [6.45, 7) is 11.8. The Hall–Kier alpha value is -2.04. The Morgan fingerprint density at radius 3 is 1.69 bits per heavy atom. The number of hydrogen-bond acceptors (Lipinski definition) is 4. The second-order valence-corrected chi connectivity index (χ2v) is 8.93. The van der Waals surface area contributed by atoms with Gasteiger partial charge in [0.2, 0.25) is 0 Å². The molecule has 2 N–H and O–H groups in total. The van der Waals surface area contributed by atoms with E-state index in [2.05, 4.69) is 41.1 Å². The summed E-state index contributed by atoms with van der Waals surface area (Å²) in [5.41, 5.74) is 6.23. The Balaban J connectivity index is 1.79.